The van der Waals surface area contributed by atoms with Crippen LogP contribution in [0.5, 0.6) is 11.5 Å². The molecule has 0 aliphatic rings. The van der Waals surface area contributed by atoms with Crippen LogP contribution < -0.4 is 10.5 Å². The van der Waals surface area contributed by atoms with Crippen molar-refractivity contribution in [3.63, 3.8) is 0 Å². The number of hydrogen-bond acceptors (Lipinski definition) is 6. The third-order valence-corrected chi connectivity index (χ3v) is 3.63. The largest absolute Gasteiger partial charge is 0.481 e. The fourth-order valence-corrected chi connectivity index (χ4v) is 2.53. The van der Waals surface area contributed by atoms with Crippen LogP contribution in [0.1, 0.15) is 12.0 Å². The normalized spacial score (nSPS) is 12.0. The van der Waals surface area contributed by atoms with E-state index in [1.807, 2.05) is 0 Å². The highest BCUT2D eigenvalue weighted by Crippen LogP contribution is 2.26. The third-order valence-electron chi connectivity index (χ3n) is 3.63. The Hall–Kier alpha value is -3.33. The second-order valence-electron chi connectivity index (χ2n) is 6.12. The van der Waals surface area contributed by atoms with Crippen LogP contribution in [0.2, 0.25) is 0 Å². The van der Waals surface area contributed by atoms with Gasteiger partial charge in [0.1, 0.15) is 17.3 Å². The Labute approximate surface area is 154 Å². The number of carboxylic acid groups (broad SMARTS) is 1. The molecule has 0 fully saturated rings. The zero-order valence-corrected chi connectivity index (χ0v) is 14.5. The van der Waals surface area contributed by atoms with Crippen molar-refractivity contribution in [2.75, 3.05) is 0 Å². The van der Waals surface area contributed by atoms with Crippen molar-refractivity contribution in [3.8, 4) is 22.9 Å². The molecule has 0 amide bonds. The summed E-state index contributed by atoms with van der Waals surface area (Å²) in [5, 5.41) is 20.8. The van der Waals surface area contributed by atoms with Crippen molar-refractivity contribution in [1.29, 1.82) is 0 Å². The van der Waals surface area contributed by atoms with Gasteiger partial charge in [0.2, 0.25) is 5.82 Å². The minimum atomic E-state index is -0.986. The molecule has 2 aromatic carbocycles. The molecule has 0 aliphatic heterocycles. The smallest absolute Gasteiger partial charge is 0.304 e. The Morgan fingerprint density at radius 3 is 2.85 bits per heavy atom. The summed E-state index contributed by atoms with van der Waals surface area (Å²) in [5.74, 6) is -0.125. The lowest BCUT2D eigenvalue weighted by Crippen LogP contribution is -2.30. The molecule has 140 valence electrons. The van der Waals surface area contributed by atoms with E-state index in [0.29, 0.717) is 22.9 Å². The molecule has 0 radical (unpaired) electrons. The number of aromatic nitrogens is 4. The van der Waals surface area contributed by atoms with E-state index in [4.69, 9.17) is 15.6 Å². The molecule has 1 heterocycles. The number of nitrogens with two attached hydrogens (primary N) is 1. The van der Waals surface area contributed by atoms with Gasteiger partial charge in [0, 0.05) is 17.7 Å². The van der Waals surface area contributed by atoms with E-state index < -0.39 is 12.0 Å². The number of halogens is 1. The molecule has 0 saturated carbocycles. The second kappa shape index (κ2) is 7.92. The summed E-state index contributed by atoms with van der Waals surface area (Å²) in [7, 11) is 0. The first-order valence-corrected chi connectivity index (χ1v) is 8.20. The number of nitrogens with zero attached hydrogens (tertiary/aromatic N) is 4. The molecule has 3 aromatic rings. The molecule has 0 spiro atoms. The Morgan fingerprint density at radius 1 is 1.30 bits per heavy atom. The number of ether oxygens (including phenoxy) is 1. The lowest BCUT2D eigenvalue weighted by molar-refractivity contribution is -0.137. The standard InChI is InChI=1S/C18H18FN5O3/c1-11-5-13(19)8-16(6-11)27-15-4-2-3-12(7-15)18-21-23-24(22-18)10-14(20)9-17(25)26/h2-8,14H,9-10,20H2,1H3,(H,25,26)/t14-/m1/s1. The van der Waals surface area contributed by atoms with Gasteiger partial charge in [-0.1, -0.05) is 12.1 Å². The van der Waals surface area contributed by atoms with E-state index in [-0.39, 0.29) is 18.8 Å². The molecule has 0 aliphatic carbocycles. The summed E-state index contributed by atoms with van der Waals surface area (Å²) in [5.41, 5.74) is 7.13. The predicted molar refractivity (Wildman–Crippen MR) is 94.7 cm³/mol. The number of rotatable bonds is 7. The fourth-order valence-electron chi connectivity index (χ4n) is 2.53. The van der Waals surface area contributed by atoms with Crippen LogP contribution in [-0.2, 0) is 11.3 Å². The maximum atomic E-state index is 13.5. The van der Waals surface area contributed by atoms with Gasteiger partial charge in [-0.3, -0.25) is 4.79 Å². The molecule has 3 rings (SSSR count). The summed E-state index contributed by atoms with van der Waals surface area (Å²) in [6.07, 6.45) is -0.187. The molecule has 1 aromatic heterocycles. The van der Waals surface area contributed by atoms with Crippen LogP contribution in [0.3, 0.4) is 0 Å². The molecule has 9 heteroatoms. The Balaban J connectivity index is 1.74. The van der Waals surface area contributed by atoms with E-state index in [0.717, 1.165) is 5.56 Å². The number of carboxylic acids is 1. The summed E-state index contributed by atoms with van der Waals surface area (Å²) >= 11 is 0. The van der Waals surface area contributed by atoms with Crippen LogP contribution in [-0.4, -0.2) is 37.3 Å². The highest BCUT2D eigenvalue weighted by atomic mass is 19.1. The van der Waals surface area contributed by atoms with Gasteiger partial charge >= 0.3 is 5.97 Å². The highest BCUT2D eigenvalue weighted by molar-refractivity contribution is 5.67. The van der Waals surface area contributed by atoms with Crippen LogP contribution in [0.15, 0.2) is 42.5 Å². The molecular formula is C18H18FN5O3. The molecule has 1 atom stereocenters. The predicted octanol–water partition coefficient (Wildman–Crippen LogP) is 2.38. The average molecular weight is 371 g/mol. The number of aliphatic carboxylic acids is 1. The van der Waals surface area contributed by atoms with Gasteiger partial charge in [-0.2, -0.15) is 4.80 Å². The third kappa shape index (κ3) is 5.08. The Kier molecular flexibility index (Phi) is 5.41. The van der Waals surface area contributed by atoms with Gasteiger partial charge in [0.05, 0.1) is 13.0 Å². The molecular weight excluding hydrogens is 353 g/mol. The topological polar surface area (TPSA) is 116 Å². The quantitative estimate of drug-likeness (QED) is 0.655. The van der Waals surface area contributed by atoms with Gasteiger partial charge in [0.15, 0.2) is 0 Å². The maximum Gasteiger partial charge on any atom is 0.304 e. The fraction of sp³-hybridized carbons (Fsp3) is 0.222. The summed E-state index contributed by atoms with van der Waals surface area (Å²) in [6.45, 7) is 1.92. The van der Waals surface area contributed by atoms with Crippen molar-refractivity contribution >= 4 is 5.97 Å². The van der Waals surface area contributed by atoms with E-state index in [1.54, 1.807) is 37.3 Å². The van der Waals surface area contributed by atoms with Crippen molar-refractivity contribution in [2.45, 2.75) is 25.9 Å². The number of hydrogen-bond donors (Lipinski definition) is 2. The zero-order chi connectivity index (χ0) is 19.4. The minimum absolute atomic E-state index is 0.137. The van der Waals surface area contributed by atoms with E-state index in [9.17, 15) is 9.18 Å². The van der Waals surface area contributed by atoms with Gasteiger partial charge < -0.3 is 15.6 Å². The van der Waals surface area contributed by atoms with Crippen LogP contribution in [0.4, 0.5) is 4.39 Å². The highest BCUT2D eigenvalue weighted by Gasteiger charge is 2.13. The van der Waals surface area contributed by atoms with Crippen molar-refractivity contribution < 1.29 is 19.0 Å². The summed E-state index contributed by atoms with van der Waals surface area (Å²) in [6, 6.07) is 10.8. The number of aryl methyl sites for hydroxylation is 1. The maximum absolute atomic E-state index is 13.5. The summed E-state index contributed by atoms with van der Waals surface area (Å²) in [4.78, 5) is 11.9. The van der Waals surface area contributed by atoms with Gasteiger partial charge in [0.25, 0.3) is 0 Å². The average Bonchev–Trinajstić information content (AvgIpc) is 3.01. The molecule has 27 heavy (non-hydrogen) atoms. The number of carbonyl (C=O) groups is 1. The number of benzene rings is 2. The number of tetrazole rings is 1. The monoisotopic (exact) mass is 371 g/mol. The van der Waals surface area contributed by atoms with Crippen molar-refractivity contribution in [3.05, 3.63) is 53.8 Å². The van der Waals surface area contributed by atoms with Crippen molar-refractivity contribution in [2.24, 2.45) is 5.73 Å². The second-order valence-corrected chi connectivity index (χ2v) is 6.12. The SMILES string of the molecule is Cc1cc(F)cc(Oc2cccc(-c3nnn(C[C@H](N)CC(=O)O)n3)c2)c1. The van der Waals surface area contributed by atoms with Gasteiger partial charge in [-0.05, 0) is 42.0 Å². The van der Waals surface area contributed by atoms with Crippen LogP contribution in [0, 0.1) is 12.7 Å². The molecule has 3 N–H and O–H groups in total. The van der Waals surface area contributed by atoms with Crippen LogP contribution >= 0.6 is 0 Å². The Morgan fingerprint density at radius 2 is 2.11 bits per heavy atom. The van der Waals surface area contributed by atoms with Crippen molar-refractivity contribution in [1.82, 2.24) is 20.2 Å². The molecule has 0 saturated heterocycles. The van der Waals surface area contributed by atoms with E-state index in [1.165, 1.54) is 16.9 Å². The first-order chi connectivity index (χ1) is 12.9. The lowest BCUT2D eigenvalue weighted by Gasteiger charge is -2.08. The van der Waals surface area contributed by atoms with Gasteiger partial charge in [-0.25, -0.2) is 4.39 Å². The van der Waals surface area contributed by atoms with E-state index in [2.05, 4.69) is 15.4 Å². The van der Waals surface area contributed by atoms with E-state index >= 15 is 0 Å². The minimum Gasteiger partial charge on any atom is -0.481 e. The molecule has 0 unspecified atom stereocenters. The Bertz CT molecular complexity index is 939. The summed E-state index contributed by atoms with van der Waals surface area (Å²) < 4.78 is 19.2. The molecule has 8 nitrogen and oxygen atoms in total. The first-order valence-electron chi connectivity index (χ1n) is 8.20. The zero-order valence-electron chi connectivity index (χ0n) is 14.5. The van der Waals surface area contributed by atoms with Gasteiger partial charge in [-0.15, -0.1) is 10.2 Å². The first kappa shape index (κ1) is 18.5. The van der Waals surface area contributed by atoms with Crippen LogP contribution in [0.25, 0.3) is 11.4 Å². The lowest BCUT2D eigenvalue weighted by atomic mass is 10.2. The molecule has 0 bridgehead atoms.